The first-order valence-electron chi connectivity index (χ1n) is 5.80. The van der Waals surface area contributed by atoms with Crippen LogP contribution >= 0.6 is 0 Å². The molecule has 4 nitrogen and oxygen atoms in total. The summed E-state index contributed by atoms with van der Waals surface area (Å²) in [7, 11) is 0. The Labute approximate surface area is 104 Å². The molecule has 2 N–H and O–H groups in total. The predicted molar refractivity (Wildman–Crippen MR) is 64.4 cm³/mol. The van der Waals surface area contributed by atoms with Gasteiger partial charge in [0, 0.05) is 31.7 Å². The Morgan fingerprint density at radius 3 is 2.94 bits per heavy atom. The van der Waals surface area contributed by atoms with Crippen LogP contribution in [-0.4, -0.2) is 36.6 Å². The smallest absolute Gasteiger partial charge is 0.322 e. The fourth-order valence-electron chi connectivity index (χ4n) is 1.90. The average molecular weight is 255 g/mol. The highest BCUT2D eigenvalue weighted by atomic mass is 19.1. The van der Waals surface area contributed by atoms with Crippen LogP contribution in [0.3, 0.4) is 0 Å². The Morgan fingerprint density at radius 2 is 2.28 bits per heavy atom. The van der Waals surface area contributed by atoms with Gasteiger partial charge < -0.3 is 15.5 Å². The first kappa shape index (κ1) is 12.8. The second-order valence-electron chi connectivity index (χ2n) is 4.36. The summed E-state index contributed by atoms with van der Waals surface area (Å²) in [4.78, 5) is 13.5. The molecule has 0 bridgehead atoms. The van der Waals surface area contributed by atoms with Gasteiger partial charge in [0.15, 0.2) is 0 Å². The second kappa shape index (κ2) is 5.30. The largest absolute Gasteiger partial charge is 0.322 e. The Balaban J connectivity index is 2.02. The zero-order valence-corrected chi connectivity index (χ0v) is 10.0. The number of hydrogen-bond acceptors (Lipinski definition) is 2. The van der Waals surface area contributed by atoms with Crippen molar-refractivity contribution in [2.75, 3.05) is 25.0 Å². The number of amides is 2. The number of halogens is 2. The van der Waals surface area contributed by atoms with Crippen molar-refractivity contribution in [3.05, 3.63) is 29.8 Å². The summed E-state index contributed by atoms with van der Waals surface area (Å²) >= 11 is 0. The molecule has 1 fully saturated rings. The summed E-state index contributed by atoms with van der Waals surface area (Å²) in [6.45, 7) is 3.81. The van der Waals surface area contributed by atoms with Gasteiger partial charge in [0.05, 0.1) is 5.69 Å². The molecule has 6 heteroatoms. The second-order valence-corrected chi connectivity index (χ2v) is 4.36. The summed E-state index contributed by atoms with van der Waals surface area (Å²) in [6, 6.07) is 2.92. The van der Waals surface area contributed by atoms with Gasteiger partial charge in [0.1, 0.15) is 11.6 Å². The molecule has 0 radical (unpaired) electrons. The van der Waals surface area contributed by atoms with Gasteiger partial charge in [0.2, 0.25) is 0 Å². The summed E-state index contributed by atoms with van der Waals surface area (Å²) in [5.74, 6) is -1.44. The molecule has 1 saturated heterocycles. The molecule has 0 saturated carbocycles. The Hall–Kier alpha value is -1.69. The standard InChI is InChI=1S/C12H15F2N3O/c1-8-7-17(5-4-15-8)12(18)16-11-3-2-9(13)6-10(11)14/h2-3,6,8,15H,4-5,7H2,1H3,(H,16,18)/t8-/m0/s1. The predicted octanol–water partition coefficient (Wildman–Crippen LogP) is 1.79. The van der Waals surface area contributed by atoms with Crippen LogP contribution in [0.25, 0.3) is 0 Å². The van der Waals surface area contributed by atoms with Gasteiger partial charge in [-0.25, -0.2) is 13.6 Å². The fraction of sp³-hybridized carbons (Fsp3) is 0.417. The lowest BCUT2D eigenvalue weighted by atomic mass is 10.2. The number of rotatable bonds is 1. The minimum absolute atomic E-state index is 0.00687. The van der Waals surface area contributed by atoms with Gasteiger partial charge in [-0.3, -0.25) is 0 Å². The molecule has 1 aliphatic heterocycles. The topological polar surface area (TPSA) is 44.4 Å². The average Bonchev–Trinajstić information content (AvgIpc) is 2.32. The molecule has 2 amide bonds. The van der Waals surface area contributed by atoms with Crippen molar-refractivity contribution in [1.29, 1.82) is 0 Å². The van der Waals surface area contributed by atoms with E-state index >= 15 is 0 Å². The number of carbonyl (C=O) groups is 1. The van der Waals surface area contributed by atoms with E-state index in [0.29, 0.717) is 19.6 Å². The molecule has 1 aromatic rings. The molecule has 1 heterocycles. The highest BCUT2D eigenvalue weighted by molar-refractivity contribution is 5.89. The third kappa shape index (κ3) is 2.95. The molecule has 0 aromatic heterocycles. The van der Waals surface area contributed by atoms with E-state index in [4.69, 9.17) is 0 Å². The third-order valence-electron chi connectivity index (χ3n) is 2.83. The molecular weight excluding hydrogens is 240 g/mol. The van der Waals surface area contributed by atoms with Crippen molar-refractivity contribution >= 4 is 11.7 Å². The highest BCUT2D eigenvalue weighted by Gasteiger charge is 2.21. The number of hydrogen-bond donors (Lipinski definition) is 2. The molecule has 1 aromatic carbocycles. The maximum atomic E-state index is 13.4. The lowest BCUT2D eigenvalue weighted by molar-refractivity contribution is 0.192. The molecule has 18 heavy (non-hydrogen) atoms. The van der Waals surface area contributed by atoms with Crippen molar-refractivity contribution in [1.82, 2.24) is 10.2 Å². The number of carbonyl (C=O) groups excluding carboxylic acids is 1. The minimum Gasteiger partial charge on any atom is -0.322 e. The molecule has 98 valence electrons. The lowest BCUT2D eigenvalue weighted by Crippen LogP contribution is -2.52. The van der Waals surface area contributed by atoms with Gasteiger partial charge in [-0.05, 0) is 19.1 Å². The van der Waals surface area contributed by atoms with E-state index in [-0.39, 0.29) is 17.8 Å². The number of anilines is 1. The fourth-order valence-corrected chi connectivity index (χ4v) is 1.90. The number of piperazine rings is 1. The van der Waals surface area contributed by atoms with E-state index in [2.05, 4.69) is 10.6 Å². The van der Waals surface area contributed by atoms with Gasteiger partial charge >= 0.3 is 6.03 Å². The van der Waals surface area contributed by atoms with E-state index in [9.17, 15) is 13.6 Å². The summed E-state index contributed by atoms with van der Waals surface area (Å²) in [6.07, 6.45) is 0. The van der Waals surface area contributed by atoms with Gasteiger partial charge in [-0.15, -0.1) is 0 Å². The van der Waals surface area contributed by atoms with E-state index in [1.54, 1.807) is 4.90 Å². The van der Waals surface area contributed by atoms with Gasteiger partial charge in [-0.2, -0.15) is 0 Å². The summed E-state index contributed by atoms with van der Waals surface area (Å²) < 4.78 is 26.1. The highest BCUT2D eigenvalue weighted by Crippen LogP contribution is 2.15. The van der Waals surface area contributed by atoms with Crippen LogP contribution in [0.2, 0.25) is 0 Å². The zero-order chi connectivity index (χ0) is 13.1. The molecule has 2 rings (SSSR count). The van der Waals surface area contributed by atoms with Crippen LogP contribution in [0.4, 0.5) is 19.3 Å². The Bertz CT molecular complexity index is 453. The zero-order valence-electron chi connectivity index (χ0n) is 10.0. The van der Waals surface area contributed by atoms with E-state index in [0.717, 1.165) is 12.1 Å². The van der Waals surface area contributed by atoms with E-state index < -0.39 is 11.6 Å². The van der Waals surface area contributed by atoms with Crippen LogP contribution < -0.4 is 10.6 Å². The third-order valence-corrected chi connectivity index (χ3v) is 2.83. The minimum atomic E-state index is -0.772. The van der Waals surface area contributed by atoms with Gasteiger partial charge in [0.25, 0.3) is 0 Å². The molecule has 1 aliphatic rings. The SMILES string of the molecule is C[C@H]1CN(C(=O)Nc2ccc(F)cc2F)CCN1. The Kier molecular flexibility index (Phi) is 3.76. The lowest BCUT2D eigenvalue weighted by Gasteiger charge is -2.31. The summed E-state index contributed by atoms with van der Waals surface area (Å²) in [5, 5.41) is 5.65. The van der Waals surface area contributed by atoms with Crippen molar-refractivity contribution in [2.24, 2.45) is 0 Å². The molecular formula is C12H15F2N3O. The first-order valence-corrected chi connectivity index (χ1v) is 5.80. The van der Waals surface area contributed by atoms with Crippen molar-refractivity contribution in [3.63, 3.8) is 0 Å². The van der Waals surface area contributed by atoms with Crippen LogP contribution in [0, 0.1) is 11.6 Å². The van der Waals surface area contributed by atoms with E-state index in [1.807, 2.05) is 6.92 Å². The van der Waals surface area contributed by atoms with Gasteiger partial charge in [-0.1, -0.05) is 0 Å². The monoisotopic (exact) mass is 255 g/mol. The maximum absolute atomic E-state index is 13.4. The van der Waals surface area contributed by atoms with Crippen LogP contribution in [0.5, 0.6) is 0 Å². The number of nitrogens with zero attached hydrogens (tertiary/aromatic N) is 1. The van der Waals surface area contributed by atoms with Crippen LogP contribution in [0.1, 0.15) is 6.92 Å². The number of nitrogens with one attached hydrogen (secondary N) is 2. The summed E-state index contributed by atoms with van der Waals surface area (Å²) in [5.41, 5.74) is -0.00687. The van der Waals surface area contributed by atoms with Crippen molar-refractivity contribution in [3.8, 4) is 0 Å². The van der Waals surface area contributed by atoms with Crippen molar-refractivity contribution in [2.45, 2.75) is 13.0 Å². The number of benzene rings is 1. The molecule has 1 atom stereocenters. The van der Waals surface area contributed by atoms with Crippen LogP contribution in [0.15, 0.2) is 18.2 Å². The van der Waals surface area contributed by atoms with Crippen molar-refractivity contribution < 1.29 is 13.6 Å². The number of urea groups is 1. The maximum Gasteiger partial charge on any atom is 0.322 e. The Morgan fingerprint density at radius 1 is 1.50 bits per heavy atom. The normalized spacial score (nSPS) is 19.7. The quantitative estimate of drug-likeness (QED) is 0.803. The first-order chi connectivity index (χ1) is 8.56. The molecule has 0 spiro atoms. The molecule has 0 unspecified atom stereocenters. The molecule has 0 aliphatic carbocycles. The van der Waals surface area contributed by atoms with Crippen LogP contribution in [-0.2, 0) is 0 Å². The van der Waals surface area contributed by atoms with E-state index in [1.165, 1.54) is 6.07 Å².